The van der Waals surface area contributed by atoms with Gasteiger partial charge in [0, 0.05) is 6.07 Å². The Morgan fingerprint density at radius 1 is 1.27 bits per heavy atom. The van der Waals surface area contributed by atoms with Crippen molar-refractivity contribution in [3.05, 3.63) is 24.3 Å². The minimum absolute atomic E-state index is 0.0678. The molecule has 15 heavy (non-hydrogen) atoms. The zero-order valence-electron chi connectivity index (χ0n) is 9.03. The molecule has 1 aromatic carbocycles. The van der Waals surface area contributed by atoms with Gasteiger partial charge in [0.15, 0.2) is 0 Å². The Morgan fingerprint density at radius 2 is 1.93 bits per heavy atom. The number of hydrogen-bond acceptors (Lipinski definition) is 3. The molecule has 1 saturated carbocycles. The predicted molar refractivity (Wildman–Crippen MR) is 59.3 cm³/mol. The summed E-state index contributed by atoms with van der Waals surface area (Å²) in [7, 11) is 0. The van der Waals surface area contributed by atoms with Crippen LogP contribution in [0.4, 0.5) is 0 Å². The fraction of sp³-hybridized carbons (Fsp3) is 0.500. The maximum Gasteiger partial charge on any atom is 0.123 e. The van der Waals surface area contributed by atoms with Crippen molar-refractivity contribution in [1.29, 1.82) is 0 Å². The normalized spacial score (nSPS) is 17.2. The third kappa shape index (κ3) is 2.86. The van der Waals surface area contributed by atoms with Gasteiger partial charge in [0.25, 0.3) is 0 Å². The second kappa shape index (κ2) is 4.11. The van der Waals surface area contributed by atoms with Gasteiger partial charge in [-0.15, -0.1) is 0 Å². The van der Waals surface area contributed by atoms with Crippen molar-refractivity contribution in [1.82, 2.24) is 0 Å². The quantitative estimate of drug-likeness (QED) is 0.802. The van der Waals surface area contributed by atoms with Crippen LogP contribution in [0.3, 0.4) is 0 Å². The molecule has 0 radical (unpaired) electrons. The van der Waals surface area contributed by atoms with Crippen LogP contribution >= 0.6 is 0 Å². The summed E-state index contributed by atoms with van der Waals surface area (Å²) >= 11 is 0. The van der Waals surface area contributed by atoms with Crippen LogP contribution in [0.15, 0.2) is 24.3 Å². The molecular weight excluding hydrogens is 190 g/mol. The molecule has 0 saturated heterocycles. The minimum Gasteiger partial charge on any atom is -0.494 e. The first-order chi connectivity index (χ1) is 7.22. The highest BCUT2D eigenvalue weighted by Gasteiger charge is 2.39. The van der Waals surface area contributed by atoms with Crippen LogP contribution in [0, 0.1) is 0 Å². The third-order valence-electron chi connectivity index (χ3n) is 2.54. The maximum absolute atomic E-state index is 5.93. The Hall–Kier alpha value is -1.22. The van der Waals surface area contributed by atoms with Gasteiger partial charge in [0.2, 0.25) is 0 Å². The van der Waals surface area contributed by atoms with Crippen LogP contribution in [0.2, 0.25) is 0 Å². The first-order valence-corrected chi connectivity index (χ1v) is 5.36. The molecule has 0 aliphatic heterocycles. The van der Waals surface area contributed by atoms with E-state index in [1.807, 2.05) is 31.2 Å². The molecule has 3 nitrogen and oxygen atoms in total. The summed E-state index contributed by atoms with van der Waals surface area (Å²) in [6.45, 7) is 3.24. The molecule has 0 unspecified atom stereocenters. The Bertz CT molecular complexity index is 334. The van der Waals surface area contributed by atoms with E-state index in [1.165, 1.54) is 0 Å². The second-order valence-electron chi connectivity index (χ2n) is 4.06. The molecule has 3 heteroatoms. The zero-order chi connectivity index (χ0) is 10.7. The lowest BCUT2D eigenvalue weighted by Crippen LogP contribution is -2.29. The fourth-order valence-corrected chi connectivity index (χ4v) is 1.35. The molecule has 2 N–H and O–H groups in total. The van der Waals surface area contributed by atoms with E-state index in [1.54, 1.807) is 0 Å². The maximum atomic E-state index is 5.93. The fourth-order valence-electron chi connectivity index (χ4n) is 1.35. The lowest BCUT2D eigenvalue weighted by atomic mass is 10.3. The molecule has 1 aliphatic rings. The van der Waals surface area contributed by atoms with E-state index in [-0.39, 0.29) is 5.54 Å². The van der Waals surface area contributed by atoms with Gasteiger partial charge >= 0.3 is 0 Å². The van der Waals surface area contributed by atoms with Crippen molar-refractivity contribution >= 4 is 0 Å². The SMILES string of the molecule is CCOc1cccc(OCC2(N)CC2)c1. The van der Waals surface area contributed by atoms with Gasteiger partial charge in [-0.3, -0.25) is 0 Å². The van der Waals surface area contributed by atoms with Crippen molar-refractivity contribution in [3.8, 4) is 11.5 Å². The van der Waals surface area contributed by atoms with Gasteiger partial charge in [-0.05, 0) is 31.9 Å². The summed E-state index contributed by atoms with van der Waals surface area (Å²) in [6.07, 6.45) is 2.14. The lowest BCUT2D eigenvalue weighted by molar-refractivity contribution is 0.276. The highest BCUT2D eigenvalue weighted by atomic mass is 16.5. The molecule has 1 aromatic rings. The molecule has 82 valence electrons. The number of nitrogens with two attached hydrogens (primary N) is 1. The van der Waals surface area contributed by atoms with E-state index in [0.29, 0.717) is 13.2 Å². The van der Waals surface area contributed by atoms with E-state index in [2.05, 4.69) is 0 Å². The molecule has 0 aromatic heterocycles. The Kier molecular flexibility index (Phi) is 2.82. The minimum atomic E-state index is -0.0678. The molecule has 0 amide bonds. The van der Waals surface area contributed by atoms with Gasteiger partial charge in [0.05, 0.1) is 12.1 Å². The van der Waals surface area contributed by atoms with E-state index in [9.17, 15) is 0 Å². The topological polar surface area (TPSA) is 44.5 Å². The van der Waals surface area contributed by atoms with Gasteiger partial charge < -0.3 is 15.2 Å². The largest absolute Gasteiger partial charge is 0.494 e. The van der Waals surface area contributed by atoms with Gasteiger partial charge in [-0.25, -0.2) is 0 Å². The van der Waals surface area contributed by atoms with E-state index < -0.39 is 0 Å². The summed E-state index contributed by atoms with van der Waals surface area (Å²) in [5.41, 5.74) is 5.87. The van der Waals surface area contributed by atoms with Crippen molar-refractivity contribution in [3.63, 3.8) is 0 Å². The average Bonchev–Trinajstić information content (AvgIpc) is 2.96. The van der Waals surface area contributed by atoms with Gasteiger partial charge in [-0.1, -0.05) is 6.07 Å². The molecular formula is C12H17NO2. The average molecular weight is 207 g/mol. The molecule has 0 heterocycles. The van der Waals surface area contributed by atoms with Crippen molar-refractivity contribution in [2.75, 3.05) is 13.2 Å². The molecule has 1 aliphatic carbocycles. The van der Waals surface area contributed by atoms with Crippen molar-refractivity contribution in [2.45, 2.75) is 25.3 Å². The van der Waals surface area contributed by atoms with E-state index >= 15 is 0 Å². The standard InChI is InChI=1S/C12H17NO2/c1-2-14-10-4-3-5-11(8-10)15-9-12(13)6-7-12/h3-5,8H,2,6-7,9,13H2,1H3. The highest BCUT2D eigenvalue weighted by Crippen LogP contribution is 2.33. The smallest absolute Gasteiger partial charge is 0.123 e. The van der Waals surface area contributed by atoms with Crippen LogP contribution in [0.25, 0.3) is 0 Å². The zero-order valence-corrected chi connectivity index (χ0v) is 9.03. The summed E-state index contributed by atoms with van der Waals surface area (Å²) in [5.74, 6) is 1.68. The van der Waals surface area contributed by atoms with Crippen molar-refractivity contribution < 1.29 is 9.47 Å². The predicted octanol–water partition coefficient (Wildman–Crippen LogP) is 1.96. The monoisotopic (exact) mass is 207 g/mol. The molecule has 0 atom stereocenters. The molecule has 1 fully saturated rings. The lowest BCUT2D eigenvalue weighted by Gasteiger charge is -2.12. The number of benzene rings is 1. The van der Waals surface area contributed by atoms with Gasteiger partial charge in [-0.2, -0.15) is 0 Å². The number of ether oxygens (including phenoxy) is 2. The van der Waals surface area contributed by atoms with Gasteiger partial charge in [0.1, 0.15) is 18.1 Å². The first kappa shape index (κ1) is 10.3. The van der Waals surface area contributed by atoms with Crippen molar-refractivity contribution in [2.24, 2.45) is 5.73 Å². The number of rotatable bonds is 5. The third-order valence-corrected chi connectivity index (χ3v) is 2.54. The molecule has 0 bridgehead atoms. The Labute approximate surface area is 90.2 Å². The van der Waals surface area contributed by atoms with Crippen LogP contribution in [-0.2, 0) is 0 Å². The van der Waals surface area contributed by atoms with Crippen LogP contribution < -0.4 is 15.2 Å². The Balaban J connectivity index is 1.92. The first-order valence-electron chi connectivity index (χ1n) is 5.36. The number of hydrogen-bond donors (Lipinski definition) is 1. The van der Waals surface area contributed by atoms with Crippen LogP contribution in [0.5, 0.6) is 11.5 Å². The summed E-state index contributed by atoms with van der Waals surface area (Å²) < 4.78 is 11.0. The van der Waals surface area contributed by atoms with E-state index in [4.69, 9.17) is 15.2 Å². The highest BCUT2D eigenvalue weighted by molar-refractivity contribution is 5.33. The summed E-state index contributed by atoms with van der Waals surface area (Å²) in [6, 6.07) is 7.67. The van der Waals surface area contributed by atoms with Crippen LogP contribution in [-0.4, -0.2) is 18.8 Å². The molecule has 0 spiro atoms. The molecule has 2 rings (SSSR count). The van der Waals surface area contributed by atoms with Crippen LogP contribution in [0.1, 0.15) is 19.8 Å². The van der Waals surface area contributed by atoms with E-state index in [0.717, 1.165) is 24.3 Å². The summed E-state index contributed by atoms with van der Waals surface area (Å²) in [4.78, 5) is 0. The second-order valence-corrected chi connectivity index (χ2v) is 4.06. The summed E-state index contributed by atoms with van der Waals surface area (Å²) in [5, 5.41) is 0. The Morgan fingerprint density at radius 3 is 2.53 bits per heavy atom.